The van der Waals surface area contributed by atoms with E-state index in [1.807, 2.05) is 20.8 Å². The van der Waals surface area contributed by atoms with E-state index in [1.54, 1.807) is 0 Å². The van der Waals surface area contributed by atoms with Gasteiger partial charge in [-0.3, -0.25) is 4.21 Å². The maximum absolute atomic E-state index is 11.9. The van der Waals surface area contributed by atoms with E-state index in [0.29, 0.717) is 18.5 Å². The lowest BCUT2D eigenvalue weighted by atomic mass is 10.0. The third-order valence-electron chi connectivity index (χ3n) is 3.52. The quantitative estimate of drug-likeness (QED) is 0.814. The first-order chi connectivity index (χ1) is 9.67. The fourth-order valence-electron chi connectivity index (χ4n) is 2.20. The summed E-state index contributed by atoms with van der Waals surface area (Å²) in [6, 6.07) is 0.441. The van der Waals surface area contributed by atoms with Crippen molar-refractivity contribution in [3.63, 3.8) is 0 Å². The van der Waals surface area contributed by atoms with Crippen molar-refractivity contribution in [2.75, 3.05) is 18.1 Å². The molecule has 1 aliphatic heterocycles. The fraction of sp³-hybridized carbons (Fsp3) is 0.933. The number of carbonyl (C=O) groups is 1. The van der Waals surface area contributed by atoms with Crippen molar-refractivity contribution < 1.29 is 13.7 Å². The number of hydrogen-bond donors (Lipinski definition) is 2. The highest BCUT2D eigenvalue weighted by molar-refractivity contribution is 7.85. The second kappa shape index (κ2) is 8.13. The van der Waals surface area contributed by atoms with Gasteiger partial charge in [0.15, 0.2) is 0 Å². The number of amides is 1. The third-order valence-corrected chi connectivity index (χ3v) is 4.90. The molecular weight excluding hydrogens is 288 g/mol. The van der Waals surface area contributed by atoms with Crippen LogP contribution in [0.15, 0.2) is 0 Å². The van der Waals surface area contributed by atoms with Crippen molar-refractivity contribution in [1.82, 2.24) is 10.6 Å². The van der Waals surface area contributed by atoms with Crippen molar-refractivity contribution in [1.29, 1.82) is 0 Å². The molecule has 0 aromatic heterocycles. The van der Waals surface area contributed by atoms with Gasteiger partial charge in [-0.05, 0) is 39.5 Å². The molecule has 1 atom stereocenters. The topological polar surface area (TPSA) is 67.4 Å². The lowest BCUT2D eigenvalue weighted by Gasteiger charge is -2.29. The van der Waals surface area contributed by atoms with Gasteiger partial charge in [-0.1, -0.05) is 13.8 Å². The molecule has 0 saturated carbocycles. The maximum Gasteiger partial charge on any atom is 0.407 e. The molecule has 0 aliphatic carbocycles. The summed E-state index contributed by atoms with van der Waals surface area (Å²) in [5.74, 6) is 1.88. The lowest BCUT2D eigenvalue weighted by Crippen LogP contribution is -2.49. The summed E-state index contributed by atoms with van der Waals surface area (Å²) in [5.41, 5.74) is -0.480. The summed E-state index contributed by atoms with van der Waals surface area (Å²) < 4.78 is 16.6. The Morgan fingerprint density at radius 3 is 2.33 bits per heavy atom. The molecule has 1 aliphatic rings. The molecule has 0 radical (unpaired) electrons. The van der Waals surface area contributed by atoms with Gasteiger partial charge >= 0.3 is 6.09 Å². The molecule has 0 spiro atoms. The van der Waals surface area contributed by atoms with E-state index in [9.17, 15) is 9.00 Å². The highest BCUT2D eigenvalue weighted by Gasteiger charge is 2.23. The zero-order chi connectivity index (χ0) is 16.0. The van der Waals surface area contributed by atoms with E-state index in [4.69, 9.17) is 4.74 Å². The average Bonchev–Trinajstić information content (AvgIpc) is 2.33. The predicted octanol–water partition coefficient (Wildman–Crippen LogP) is 2.04. The second-order valence-electron chi connectivity index (χ2n) is 7.03. The Balaban J connectivity index is 2.39. The number of nitrogens with one attached hydrogen (secondary N) is 2. The van der Waals surface area contributed by atoms with E-state index in [0.717, 1.165) is 24.3 Å². The summed E-state index contributed by atoms with van der Waals surface area (Å²) in [4.78, 5) is 11.9. The van der Waals surface area contributed by atoms with Gasteiger partial charge in [0.05, 0.1) is 0 Å². The van der Waals surface area contributed by atoms with E-state index in [1.165, 1.54) is 0 Å². The molecule has 5 nitrogen and oxygen atoms in total. The van der Waals surface area contributed by atoms with Crippen LogP contribution in [-0.2, 0) is 15.5 Å². The van der Waals surface area contributed by atoms with E-state index >= 15 is 0 Å². The molecule has 1 heterocycles. The van der Waals surface area contributed by atoms with Crippen molar-refractivity contribution in [2.45, 2.75) is 65.1 Å². The summed E-state index contributed by atoms with van der Waals surface area (Å²) in [6.45, 7) is 10.5. The number of alkyl carbamates (subject to hydrolysis) is 1. The van der Waals surface area contributed by atoms with Crippen LogP contribution in [0.1, 0.15) is 47.5 Å². The standard InChI is InChI=1S/C15H30N2O3S/c1-11(2)13(17-14(18)20-15(3,4)5)10-16-12-6-8-21(19)9-7-12/h11-13,16H,6-10H2,1-5H3,(H,17,18). The smallest absolute Gasteiger partial charge is 0.407 e. The highest BCUT2D eigenvalue weighted by Crippen LogP contribution is 2.11. The van der Waals surface area contributed by atoms with Crippen LogP contribution in [0.3, 0.4) is 0 Å². The molecule has 21 heavy (non-hydrogen) atoms. The summed E-state index contributed by atoms with van der Waals surface area (Å²) in [6.07, 6.45) is 1.53. The number of hydrogen-bond acceptors (Lipinski definition) is 4. The van der Waals surface area contributed by atoms with Gasteiger partial charge in [0, 0.05) is 40.9 Å². The summed E-state index contributed by atoms with van der Waals surface area (Å²) in [7, 11) is -0.634. The van der Waals surface area contributed by atoms with Crippen LogP contribution in [-0.4, -0.2) is 46.0 Å². The van der Waals surface area contributed by atoms with Crippen LogP contribution in [0.4, 0.5) is 4.79 Å². The van der Waals surface area contributed by atoms with Gasteiger partial charge in [-0.2, -0.15) is 0 Å². The SMILES string of the molecule is CC(C)C(CNC1CCS(=O)CC1)NC(=O)OC(C)(C)C. The van der Waals surface area contributed by atoms with Crippen LogP contribution < -0.4 is 10.6 Å². The molecule has 2 N–H and O–H groups in total. The molecule has 0 aromatic rings. The van der Waals surface area contributed by atoms with Crippen LogP contribution >= 0.6 is 0 Å². The minimum absolute atomic E-state index is 0.0345. The Bertz CT molecular complexity index is 356. The third kappa shape index (κ3) is 7.81. The van der Waals surface area contributed by atoms with Crippen LogP contribution in [0.2, 0.25) is 0 Å². The minimum atomic E-state index is -0.634. The van der Waals surface area contributed by atoms with Crippen molar-refractivity contribution in [3.8, 4) is 0 Å². The molecule has 0 bridgehead atoms. The van der Waals surface area contributed by atoms with Gasteiger partial charge in [0.1, 0.15) is 5.60 Å². The van der Waals surface area contributed by atoms with E-state index < -0.39 is 16.4 Å². The van der Waals surface area contributed by atoms with Crippen LogP contribution in [0, 0.1) is 5.92 Å². The zero-order valence-corrected chi connectivity index (χ0v) is 14.7. The predicted molar refractivity (Wildman–Crippen MR) is 86.9 cm³/mol. The van der Waals surface area contributed by atoms with Gasteiger partial charge in [-0.25, -0.2) is 4.79 Å². The lowest BCUT2D eigenvalue weighted by molar-refractivity contribution is 0.0489. The highest BCUT2D eigenvalue weighted by atomic mass is 32.2. The molecule has 1 amide bonds. The van der Waals surface area contributed by atoms with Crippen molar-refractivity contribution >= 4 is 16.9 Å². The largest absolute Gasteiger partial charge is 0.444 e. The van der Waals surface area contributed by atoms with Gasteiger partial charge in [-0.15, -0.1) is 0 Å². The van der Waals surface area contributed by atoms with Crippen molar-refractivity contribution in [3.05, 3.63) is 0 Å². The Hall–Kier alpha value is -0.620. The Labute approximate surface area is 131 Å². The monoisotopic (exact) mass is 318 g/mol. The maximum atomic E-state index is 11.9. The molecular formula is C15H30N2O3S. The fourth-order valence-corrected chi connectivity index (χ4v) is 3.50. The minimum Gasteiger partial charge on any atom is -0.444 e. The normalized spacial score (nSPS) is 24.7. The van der Waals surface area contributed by atoms with Crippen LogP contribution in [0.5, 0.6) is 0 Å². The van der Waals surface area contributed by atoms with Crippen LogP contribution in [0.25, 0.3) is 0 Å². The van der Waals surface area contributed by atoms with E-state index in [-0.39, 0.29) is 12.1 Å². The molecule has 0 aromatic carbocycles. The first-order valence-corrected chi connectivity index (χ1v) is 9.24. The molecule has 1 fully saturated rings. The zero-order valence-electron chi connectivity index (χ0n) is 13.9. The first-order valence-electron chi connectivity index (χ1n) is 7.75. The Morgan fingerprint density at radius 1 is 1.29 bits per heavy atom. The second-order valence-corrected chi connectivity index (χ2v) is 8.72. The van der Waals surface area contributed by atoms with Crippen molar-refractivity contribution in [2.24, 2.45) is 5.92 Å². The average molecular weight is 318 g/mol. The summed E-state index contributed by atoms with van der Waals surface area (Å²) >= 11 is 0. The van der Waals surface area contributed by atoms with Gasteiger partial charge in [0.25, 0.3) is 0 Å². The van der Waals surface area contributed by atoms with Gasteiger partial charge < -0.3 is 15.4 Å². The number of ether oxygens (including phenoxy) is 1. The first kappa shape index (κ1) is 18.4. The Kier molecular flexibility index (Phi) is 7.13. The molecule has 124 valence electrons. The summed E-state index contributed by atoms with van der Waals surface area (Å²) in [5, 5.41) is 6.42. The molecule has 1 unspecified atom stereocenters. The molecule has 1 saturated heterocycles. The Morgan fingerprint density at radius 2 is 1.86 bits per heavy atom. The van der Waals surface area contributed by atoms with E-state index in [2.05, 4.69) is 24.5 Å². The molecule has 6 heteroatoms. The van der Waals surface area contributed by atoms with Gasteiger partial charge in [0.2, 0.25) is 0 Å². The number of carbonyl (C=O) groups excluding carboxylic acids is 1. The molecule has 1 rings (SSSR count). The number of rotatable bonds is 5.